The van der Waals surface area contributed by atoms with E-state index in [9.17, 15) is 0 Å². The molecule has 2 aromatic heterocycles. The number of anilines is 1. The Morgan fingerprint density at radius 1 is 1.00 bits per heavy atom. The van der Waals surface area contributed by atoms with Crippen molar-refractivity contribution in [3.63, 3.8) is 0 Å². The summed E-state index contributed by atoms with van der Waals surface area (Å²) in [6.45, 7) is 0.868. The maximum Gasteiger partial charge on any atom is 0.206 e. The van der Waals surface area contributed by atoms with E-state index in [0.29, 0.717) is 0 Å². The smallest absolute Gasteiger partial charge is 0.206 e. The predicted octanol–water partition coefficient (Wildman–Crippen LogP) is 3.74. The van der Waals surface area contributed by atoms with Gasteiger partial charge in [0.15, 0.2) is 0 Å². The topological polar surface area (TPSA) is 50.7 Å². The summed E-state index contributed by atoms with van der Waals surface area (Å²) >= 11 is 1.60. The van der Waals surface area contributed by atoms with E-state index >= 15 is 0 Å². The lowest BCUT2D eigenvalue weighted by molar-refractivity contribution is 0.702. The van der Waals surface area contributed by atoms with E-state index < -0.39 is 0 Å². The highest BCUT2D eigenvalue weighted by atomic mass is 32.1. The Morgan fingerprint density at radius 3 is 2.55 bits per heavy atom. The predicted molar refractivity (Wildman–Crippen MR) is 89.0 cm³/mol. The normalized spacial score (nSPS) is 15.5. The lowest BCUT2D eigenvalue weighted by Crippen LogP contribution is -2.20. The summed E-state index contributed by atoms with van der Waals surface area (Å²) in [5.41, 5.74) is 2.47. The third kappa shape index (κ3) is 2.60. The van der Waals surface area contributed by atoms with Crippen LogP contribution in [0, 0.1) is 0 Å². The molecule has 0 amide bonds. The number of hydrogen-bond acceptors (Lipinski definition) is 5. The van der Waals surface area contributed by atoms with E-state index in [4.69, 9.17) is 0 Å². The first-order chi connectivity index (χ1) is 10.9. The Balaban J connectivity index is 1.46. The number of aromatic nitrogens is 3. The van der Waals surface area contributed by atoms with Crippen LogP contribution in [-0.4, -0.2) is 21.7 Å². The van der Waals surface area contributed by atoms with Crippen LogP contribution in [0.1, 0.15) is 18.5 Å². The minimum absolute atomic E-state index is 0.180. The number of nitrogens with one attached hydrogen (secondary N) is 1. The minimum Gasteiger partial charge on any atom is -0.359 e. The maximum atomic E-state index is 4.51. The molecule has 0 spiro atoms. The molecule has 5 heteroatoms. The van der Waals surface area contributed by atoms with Crippen LogP contribution >= 0.6 is 11.3 Å². The number of nitrogens with zero attached hydrogens (tertiary/aromatic N) is 3. The number of pyridine rings is 1. The summed E-state index contributed by atoms with van der Waals surface area (Å²) in [4.78, 5) is 4.51. The summed E-state index contributed by atoms with van der Waals surface area (Å²) < 4.78 is 0. The average molecular weight is 308 g/mol. The van der Waals surface area contributed by atoms with Gasteiger partial charge in [0.1, 0.15) is 5.01 Å². The van der Waals surface area contributed by atoms with Crippen molar-refractivity contribution < 1.29 is 0 Å². The highest BCUT2D eigenvalue weighted by Crippen LogP contribution is 2.47. The molecule has 4 rings (SSSR count). The largest absolute Gasteiger partial charge is 0.359 e. The van der Waals surface area contributed by atoms with Gasteiger partial charge in [0.25, 0.3) is 0 Å². The molecule has 1 aliphatic carbocycles. The first kappa shape index (κ1) is 13.4. The standard InChI is InChI=1S/C17H16N4S/c1-2-6-13(7-3-1)15-20-21-16(22-15)19-12-17(9-10-17)14-8-4-5-11-18-14/h1-8,11H,9-10,12H2,(H,19,21). The lowest BCUT2D eigenvalue weighted by atomic mass is 10.0. The van der Waals surface area contributed by atoms with Crippen molar-refractivity contribution in [2.75, 3.05) is 11.9 Å². The van der Waals surface area contributed by atoms with Gasteiger partial charge in [-0.2, -0.15) is 0 Å². The Kier molecular flexibility index (Phi) is 3.35. The van der Waals surface area contributed by atoms with Crippen LogP contribution in [0.3, 0.4) is 0 Å². The van der Waals surface area contributed by atoms with E-state index in [1.807, 2.05) is 30.5 Å². The number of rotatable bonds is 5. The fourth-order valence-electron chi connectivity index (χ4n) is 2.59. The molecular formula is C17H16N4S. The number of benzene rings is 1. The highest BCUT2D eigenvalue weighted by Gasteiger charge is 2.45. The maximum absolute atomic E-state index is 4.51. The fraction of sp³-hybridized carbons (Fsp3) is 0.235. The second-order valence-electron chi connectivity index (χ2n) is 5.63. The van der Waals surface area contributed by atoms with Gasteiger partial charge in [-0.1, -0.05) is 47.7 Å². The van der Waals surface area contributed by atoms with Crippen molar-refractivity contribution >= 4 is 16.5 Å². The zero-order valence-corrected chi connectivity index (χ0v) is 12.9. The zero-order chi connectivity index (χ0) is 14.8. The zero-order valence-electron chi connectivity index (χ0n) is 12.1. The molecule has 0 bridgehead atoms. The monoisotopic (exact) mass is 308 g/mol. The fourth-order valence-corrected chi connectivity index (χ4v) is 3.33. The molecule has 1 fully saturated rings. The molecule has 4 nitrogen and oxygen atoms in total. The molecule has 2 heterocycles. The van der Waals surface area contributed by atoms with Crippen LogP contribution in [0.25, 0.3) is 10.6 Å². The molecule has 1 aliphatic rings. The molecule has 110 valence electrons. The van der Waals surface area contributed by atoms with E-state index in [1.165, 1.54) is 18.5 Å². The van der Waals surface area contributed by atoms with Crippen LogP contribution in [-0.2, 0) is 5.41 Å². The summed E-state index contributed by atoms with van der Waals surface area (Å²) in [7, 11) is 0. The average Bonchev–Trinajstić information content (AvgIpc) is 3.24. The second-order valence-corrected chi connectivity index (χ2v) is 6.60. The first-order valence-corrected chi connectivity index (χ1v) is 8.22. The van der Waals surface area contributed by atoms with Crippen molar-refractivity contribution in [3.05, 3.63) is 60.4 Å². The first-order valence-electron chi connectivity index (χ1n) is 7.40. The van der Waals surface area contributed by atoms with Gasteiger partial charge < -0.3 is 5.32 Å². The van der Waals surface area contributed by atoms with E-state index in [-0.39, 0.29) is 5.41 Å². The molecule has 1 saturated carbocycles. The van der Waals surface area contributed by atoms with Crippen LogP contribution in [0.2, 0.25) is 0 Å². The van der Waals surface area contributed by atoms with E-state index in [2.05, 4.69) is 44.8 Å². The quantitative estimate of drug-likeness (QED) is 0.780. The van der Waals surface area contributed by atoms with Gasteiger partial charge in [0.05, 0.1) is 0 Å². The minimum atomic E-state index is 0.180. The van der Waals surface area contributed by atoms with Gasteiger partial charge in [0, 0.05) is 29.4 Å². The summed E-state index contributed by atoms with van der Waals surface area (Å²) in [5, 5.41) is 13.8. The van der Waals surface area contributed by atoms with Crippen LogP contribution in [0.4, 0.5) is 5.13 Å². The molecular weight excluding hydrogens is 292 g/mol. The molecule has 1 N–H and O–H groups in total. The Bertz CT molecular complexity index is 751. The van der Waals surface area contributed by atoms with Gasteiger partial charge in [-0.15, -0.1) is 10.2 Å². The van der Waals surface area contributed by atoms with E-state index in [0.717, 1.165) is 22.2 Å². The molecule has 3 aromatic rings. The SMILES string of the molecule is c1ccc(-c2nnc(NCC3(c4ccccn4)CC3)s2)cc1. The summed E-state index contributed by atoms with van der Waals surface area (Å²) in [6, 6.07) is 16.3. The summed E-state index contributed by atoms with van der Waals surface area (Å²) in [5.74, 6) is 0. The van der Waals surface area contributed by atoms with Gasteiger partial charge >= 0.3 is 0 Å². The van der Waals surface area contributed by atoms with Crippen molar-refractivity contribution in [2.45, 2.75) is 18.3 Å². The summed E-state index contributed by atoms with van der Waals surface area (Å²) in [6.07, 6.45) is 4.23. The van der Waals surface area contributed by atoms with Crippen LogP contribution < -0.4 is 5.32 Å². The van der Waals surface area contributed by atoms with Crippen molar-refractivity contribution in [1.29, 1.82) is 0 Å². The molecule has 0 atom stereocenters. The van der Waals surface area contributed by atoms with E-state index in [1.54, 1.807) is 11.3 Å². The van der Waals surface area contributed by atoms with Gasteiger partial charge in [-0.3, -0.25) is 4.98 Å². The molecule has 0 unspecified atom stereocenters. The highest BCUT2D eigenvalue weighted by molar-refractivity contribution is 7.18. The van der Waals surface area contributed by atoms with Gasteiger partial charge in [-0.25, -0.2) is 0 Å². The van der Waals surface area contributed by atoms with Gasteiger partial charge in [-0.05, 0) is 25.0 Å². The third-order valence-corrected chi connectivity index (χ3v) is 5.02. The molecule has 0 aliphatic heterocycles. The molecule has 22 heavy (non-hydrogen) atoms. The Morgan fingerprint density at radius 2 is 1.82 bits per heavy atom. The van der Waals surface area contributed by atoms with Crippen LogP contribution in [0.15, 0.2) is 54.7 Å². The molecule has 0 saturated heterocycles. The van der Waals surface area contributed by atoms with Crippen molar-refractivity contribution in [1.82, 2.24) is 15.2 Å². The lowest BCUT2D eigenvalue weighted by Gasteiger charge is -2.14. The second kappa shape index (κ2) is 5.50. The van der Waals surface area contributed by atoms with Crippen molar-refractivity contribution in [3.8, 4) is 10.6 Å². The van der Waals surface area contributed by atoms with Gasteiger partial charge in [0.2, 0.25) is 5.13 Å². The molecule has 0 radical (unpaired) electrons. The molecule has 1 aromatic carbocycles. The third-order valence-electron chi connectivity index (χ3n) is 4.09. The van der Waals surface area contributed by atoms with Crippen molar-refractivity contribution in [2.24, 2.45) is 0 Å². The number of hydrogen-bond donors (Lipinski definition) is 1. The Hall–Kier alpha value is -2.27. The van der Waals surface area contributed by atoms with Crippen LogP contribution in [0.5, 0.6) is 0 Å². The Labute approximate surface area is 133 Å².